The molecule has 0 unspecified atom stereocenters. The van der Waals surface area contributed by atoms with E-state index >= 15 is 0 Å². The minimum Gasteiger partial charge on any atom is -0.508 e. The Labute approximate surface area is 91.1 Å². The molecule has 0 saturated carbocycles. The smallest absolute Gasteiger partial charge is 0.336 e. The van der Waals surface area contributed by atoms with E-state index in [1.54, 1.807) is 12.1 Å². The molecule has 2 aromatic rings. The summed E-state index contributed by atoms with van der Waals surface area (Å²) in [5, 5.41) is 10.3. The number of benzene rings is 1. The van der Waals surface area contributed by atoms with Gasteiger partial charge in [0.05, 0.1) is 0 Å². The molecule has 1 aromatic carbocycles. The first kappa shape index (κ1) is 10.4. The summed E-state index contributed by atoms with van der Waals surface area (Å²) in [4.78, 5) is 22.2. The van der Waals surface area contributed by atoms with Gasteiger partial charge < -0.3 is 9.52 Å². The highest BCUT2D eigenvalue weighted by Crippen LogP contribution is 2.26. The van der Waals surface area contributed by atoms with Crippen LogP contribution in [-0.4, -0.2) is 10.9 Å². The van der Waals surface area contributed by atoms with Gasteiger partial charge in [-0.1, -0.05) is 0 Å². The average Bonchev–Trinajstić information content (AvgIpc) is 2.22. The highest BCUT2D eigenvalue weighted by Gasteiger charge is 2.11. The van der Waals surface area contributed by atoms with Crippen LogP contribution in [0.1, 0.15) is 12.5 Å². The van der Waals surface area contributed by atoms with Gasteiger partial charge in [-0.25, -0.2) is 4.79 Å². The minimum absolute atomic E-state index is 0.0305. The highest BCUT2D eigenvalue weighted by molar-refractivity contribution is 5.88. The van der Waals surface area contributed by atoms with Gasteiger partial charge in [-0.2, -0.15) is 0 Å². The maximum absolute atomic E-state index is 11.1. The number of aromatic hydroxyl groups is 1. The van der Waals surface area contributed by atoms with E-state index in [0.29, 0.717) is 10.9 Å². The largest absolute Gasteiger partial charge is 0.508 e. The van der Waals surface area contributed by atoms with E-state index in [4.69, 9.17) is 4.42 Å². The first-order valence-corrected chi connectivity index (χ1v) is 4.82. The van der Waals surface area contributed by atoms with Gasteiger partial charge in [0.15, 0.2) is 0 Å². The zero-order valence-electron chi connectivity index (χ0n) is 8.69. The van der Waals surface area contributed by atoms with Crippen molar-refractivity contribution in [2.24, 2.45) is 0 Å². The van der Waals surface area contributed by atoms with Crippen molar-refractivity contribution in [3.05, 3.63) is 40.2 Å². The van der Waals surface area contributed by atoms with E-state index in [-0.39, 0.29) is 23.5 Å². The van der Waals surface area contributed by atoms with Crippen LogP contribution in [0.25, 0.3) is 11.0 Å². The average molecular weight is 218 g/mol. The number of hydrogen-bond donors (Lipinski definition) is 1. The molecule has 0 aliphatic rings. The summed E-state index contributed by atoms with van der Waals surface area (Å²) in [6.45, 7) is 1.42. The summed E-state index contributed by atoms with van der Waals surface area (Å²) in [6, 6.07) is 6.03. The highest BCUT2D eigenvalue weighted by atomic mass is 16.4. The molecule has 4 heteroatoms. The Hall–Kier alpha value is -2.10. The summed E-state index contributed by atoms with van der Waals surface area (Å²) in [5.41, 5.74) is 0.147. The molecule has 0 fully saturated rings. The van der Waals surface area contributed by atoms with E-state index in [2.05, 4.69) is 0 Å². The van der Waals surface area contributed by atoms with Crippen LogP contribution in [0.15, 0.2) is 33.5 Å². The van der Waals surface area contributed by atoms with Crippen molar-refractivity contribution < 1.29 is 14.3 Å². The van der Waals surface area contributed by atoms with Crippen LogP contribution in [0, 0.1) is 0 Å². The molecular weight excluding hydrogens is 208 g/mol. The molecule has 1 heterocycles. The Morgan fingerprint density at radius 1 is 1.31 bits per heavy atom. The molecule has 16 heavy (non-hydrogen) atoms. The van der Waals surface area contributed by atoms with Crippen molar-refractivity contribution in [3.8, 4) is 5.75 Å². The third-order valence-electron chi connectivity index (χ3n) is 2.29. The molecule has 0 radical (unpaired) electrons. The van der Waals surface area contributed by atoms with E-state index in [1.807, 2.05) is 0 Å². The van der Waals surface area contributed by atoms with Gasteiger partial charge in [-0.05, 0) is 25.1 Å². The normalized spacial score (nSPS) is 10.6. The fraction of sp³-hybridized carbons (Fsp3) is 0.167. The summed E-state index contributed by atoms with van der Waals surface area (Å²) >= 11 is 0. The standard InChI is InChI=1S/C12H10O4/c1-7(13)6-9-10(14)4-2-8-3-5-11(15)16-12(8)9/h2-5,14H,6H2,1H3. The number of phenolic OH excluding ortho intramolecular Hbond substituents is 1. The van der Waals surface area contributed by atoms with E-state index in [9.17, 15) is 14.7 Å². The predicted molar refractivity (Wildman–Crippen MR) is 58.5 cm³/mol. The van der Waals surface area contributed by atoms with Crippen molar-refractivity contribution in [2.45, 2.75) is 13.3 Å². The van der Waals surface area contributed by atoms with Crippen LogP contribution < -0.4 is 5.63 Å². The Bertz CT molecular complexity index is 610. The zero-order valence-corrected chi connectivity index (χ0v) is 8.69. The van der Waals surface area contributed by atoms with Crippen LogP contribution in [0.5, 0.6) is 5.75 Å². The molecule has 0 aliphatic carbocycles. The van der Waals surface area contributed by atoms with E-state index in [0.717, 1.165) is 0 Å². The predicted octanol–water partition coefficient (Wildman–Crippen LogP) is 1.63. The van der Waals surface area contributed by atoms with Crippen molar-refractivity contribution in [3.63, 3.8) is 0 Å². The minimum atomic E-state index is -0.497. The van der Waals surface area contributed by atoms with Crippen molar-refractivity contribution >= 4 is 16.8 Å². The van der Waals surface area contributed by atoms with Crippen molar-refractivity contribution in [2.75, 3.05) is 0 Å². The number of phenols is 1. The van der Waals surface area contributed by atoms with Crippen LogP contribution in [-0.2, 0) is 11.2 Å². The lowest BCUT2D eigenvalue weighted by atomic mass is 10.1. The number of carbonyl (C=O) groups excluding carboxylic acids is 1. The Balaban J connectivity index is 2.77. The van der Waals surface area contributed by atoms with Gasteiger partial charge in [0, 0.05) is 23.4 Å². The molecule has 0 atom stereocenters. The second kappa shape index (κ2) is 3.81. The lowest BCUT2D eigenvalue weighted by Gasteiger charge is -2.05. The summed E-state index contributed by atoms with van der Waals surface area (Å²) in [6.07, 6.45) is 0.0517. The lowest BCUT2D eigenvalue weighted by molar-refractivity contribution is -0.116. The van der Waals surface area contributed by atoms with Crippen molar-refractivity contribution in [1.29, 1.82) is 0 Å². The lowest BCUT2D eigenvalue weighted by Crippen LogP contribution is -2.01. The Kier molecular flexibility index (Phi) is 2.48. The molecule has 1 aromatic heterocycles. The molecule has 2 rings (SSSR count). The van der Waals surface area contributed by atoms with Crippen LogP contribution >= 0.6 is 0 Å². The van der Waals surface area contributed by atoms with Gasteiger partial charge in [0.25, 0.3) is 0 Å². The zero-order chi connectivity index (χ0) is 11.7. The number of rotatable bonds is 2. The van der Waals surface area contributed by atoms with E-state index in [1.165, 1.54) is 19.1 Å². The second-order valence-corrected chi connectivity index (χ2v) is 3.61. The molecule has 1 N–H and O–H groups in total. The van der Waals surface area contributed by atoms with Crippen LogP contribution in [0.4, 0.5) is 0 Å². The Morgan fingerprint density at radius 2 is 2.00 bits per heavy atom. The first-order chi connectivity index (χ1) is 7.58. The van der Waals surface area contributed by atoms with Gasteiger partial charge in [0.2, 0.25) is 0 Å². The van der Waals surface area contributed by atoms with Crippen LogP contribution in [0.2, 0.25) is 0 Å². The SMILES string of the molecule is CC(=O)Cc1c(O)ccc2ccc(=O)oc12. The quantitative estimate of drug-likeness (QED) is 0.778. The molecular formula is C12H10O4. The second-order valence-electron chi connectivity index (χ2n) is 3.61. The summed E-state index contributed by atoms with van der Waals surface area (Å²) in [7, 11) is 0. The molecule has 0 amide bonds. The van der Waals surface area contributed by atoms with Gasteiger partial charge in [0.1, 0.15) is 17.1 Å². The molecule has 0 aliphatic heterocycles. The number of ketones is 1. The van der Waals surface area contributed by atoms with Crippen molar-refractivity contribution in [1.82, 2.24) is 0 Å². The topological polar surface area (TPSA) is 67.5 Å². The van der Waals surface area contributed by atoms with Crippen LogP contribution in [0.3, 0.4) is 0 Å². The molecule has 0 bridgehead atoms. The number of hydrogen-bond acceptors (Lipinski definition) is 4. The number of carbonyl (C=O) groups is 1. The fourth-order valence-electron chi connectivity index (χ4n) is 1.60. The molecule has 4 nitrogen and oxygen atoms in total. The molecule has 82 valence electrons. The molecule has 0 spiro atoms. The third kappa shape index (κ3) is 1.82. The van der Waals surface area contributed by atoms with Gasteiger partial charge in [-0.15, -0.1) is 0 Å². The van der Waals surface area contributed by atoms with Gasteiger partial charge in [-0.3, -0.25) is 4.79 Å². The van der Waals surface area contributed by atoms with Gasteiger partial charge >= 0.3 is 5.63 Å². The molecule has 0 saturated heterocycles. The summed E-state index contributed by atoms with van der Waals surface area (Å²) in [5.74, 6) is -0.133. The van der Waals surface area contributed by atoms with E-state index < -0.39 is 5.63 Å². The maximum atomic E-state index is 11.1. The number of fused-ring (bicyclic) bond motifs is 1. The third-order valence-corrected chi connectivity index (χ3v) is 2.29. The monoisotopic (exact) mass is 218 g/mol. The Morgan fingerprint density at radius 3 is 2.69 bits per heavy atom. The fourth-order valence-corrected chi connectivity index (χ4v) is 1.60. The first-order valence-electron chi connectivity index (χ1n) is 4.82. The summed E-state index contributed by atoms with van der Waals surface area (Å²) < 4.78 is 5.01. The maximum Gasteiger partial charge on any atom is 0.336 e. The number of Topliss-reactive ketones (excluding diaryl/α,β-unsaturated/α-hetero) is 1.